The highest BCUT2D eigenvalue weighted by molar-refractivity contribution is 5.68. The number of hydrogen-bond donors (Lipinski definition) is 1. The first-order chi connectivity index (χ1) is 7.14. The number of rotatable bonds is 1. The second kappa shape index (κ2) is 4.20. The summed E-state index contributed by atoms with van der Waals surface area (Å²) in [6, 6.07) is 0. The van der Waals surface area contributed by atoms with E-state index in [4.69, 9.17) is 4.74 Å². The fourth-order valence-corrected chi connectivity index (χ4v) is 1.62. The molecule has 1 amide bonds. The van der Waals surface area contributed by atoms with Crippen LogP contribution in [-0.4, -0.2) is 46.6 Å². The largest absolute Gasteiger partial charge is 0.444 e. The molecule has 4 nitrogen and oxygen atoms in total. The molecule has 0 bridgehead atoms. The van der Waals surface area contributed by atoms with Crippen LogP contribution in [0.4, 0.5) is 9.18 Å². The van der Waals surface area contributed by atoms with Gasteiger partial charge in [-0.1, -0.05) is 0 Å². The lowest BCUT2D eigenvalue weighted by Gasteiger charge is -2.26. The van der Waals surface area contributed by atoms with Gasteiger partial charge in [0.1, 0.15) is 5.60 Å². The highest BCUT2D eigenvalue weighted by Gasteiger charge is 2.45. The lowest BCUT2D eigenvalue weighted by Crippen LogP contribution is -2.42. The average Bonchev–Trinajstić information content (AvgIpc) is 2.46. The molecule has 0 aromatic carbocycles. The van der Waals surface area contributed by atoms with E-state index in [9.17, 15) is 14.3 Å². The van der Waals surface area contributed by atoms with Crippen molar-refractivity contribution in [3.63, 3.8) is 0 Å². The molecule has 1 aliphatic rings. The van der Waals surface area contributed by atoms with E-state index in [1.165, 1.54) is 11.8 Å². The van der Waals surface area contributed by atoms with Gasteiger partial charge in [0.25, 0.3) is 0 Å². The van der Waals surface area contributed by atoms with Crippen LogP contribution >= 0.6 is 0 Å². The Bertz CT molecular complexity index is 275. The van der Waals surface area contributed by atoms with Crippen molar-refractivity contribution in [3.05, 3.63) is 0 Å². The minimum atomic E-state index is -1.70. The number of alkyl halides is 1. The number of carbonyl (C=O) groups is 1. The van der Waals surface area contributed by atoms with Crippen LogP contribution in [0.5, 0.6) is 0 Å². The number of halogens is 1. The Labute approximate surface area is 95.4 Å². The second-order valence-corrected chi connectivity index (χ2v) is 5.36. The van der Waals surface area contributed by atoms with E-state index < -0.39 is 23.5 Å². The number of nitrogens with zero attached hydrogens (tertiary/aromatic N) is 1. The summed E-state index contributed by atoms with van der Waals surface area (Å²) in [6.45, 7) is 6.88. The fourth-order valence-electron chi connectivity index (χ4n) is 1.62. The van der Waals surface area contributed by atoms with Crippen LogP contribution in [-0.2, 0) is 4.74 Å². The number of aliphatic hydroxyl groups is 1. The van der Waals surface area contributed by atoms with Crippen LogP contribution in [0.3, 0.4) is 0 Å². The van der Waals surface area contributed by atoms with Gasteiger partial charge in [-0.15, -0.1) is 0 Å². The van der Waals surface area contributed by atoms with Crippen molar-refractivity contribution in [3.8, 4) is 0 Å². The molecule has 1 heterocycles. The van der Waals surface area contributed by atoms with Crippen LogP contribution in [0.1, 0.15) is 34.1 Å². The molecule has 2 atom stereocenters. The number of ether oxygens (including phenoxy) is 1. The molecule has 1 saturated heterocycles. The van der Waals surface area contributed by atoms with E-state index in [1.54, 1.807) is 20.8 Å². The van der Waals surface area contributed by atoms with E-state index in [0.29, 0.717) is 0 Å². The number of likely N-dealkylation sites (tertiary alicyclic amines) is 1. The Hall–Kier alpha value is -0.840. The van der Waals surface area contributed by atoms with E-state index >= 15 is 0 Å². The number of carbonyl (C=O) groups excluding carboxylic acids is 1. The normalized spacial score (nSPS) is 28.0. The first-order valence-electron chi connectivity index (χ1n) is 5.49. The fraction of sp³-hybridized carbons (Fsp3) is 0.909. The molecule has 5 heteroatoms. The van der Waals surface area contributed by atoms with Crippen molar-refractivity contribution >= 4 is 6.09 Å². The summed E-state index contributed by atoms with van der Waals surface area (Å²) >= 11 is 0. The van der Waals surface area contributed by atoms with Gasteiger partial charge in [0, 0.05) is 13.0 Å². The summed E-state index contributed by atoms with van der Waals surface area (Å²) in [7, 11) is 0. The van der Waals surface area contributed by atoms with Crippen LogP contribution in [0.2, 0.25) is 0 Å². The molecule has 2 unspecified atom stereocenters. The Morgan fingerprint density at radius 3 is 2.50 bits per heavy atom. The molecule has 1 rings (SSSR count). The molecule has 0 spiro atoms. The van der Waals surface area contributed by atoms with Crippen molar-refractivity contribution in [2.75, 3.05) is 13.1 Å². The van der Waals surface area contributed by atoms with Crippen molar-refractivity contribution in [1.82, 2.24) is 4.90 Å². The van der Waals surface area contributed by atoms with Gasteiger partial charge in [0.05, 0.1) is 12.6 Å². The van der Waals surface area contributed by atoms with Crippen LogP contribution in [0.25, 0.3) is 0 Å². The second-order valence-electron chi connectivity index (χ2n) is 5.36. The maximum absolute atomic E-state index is 14.0. The molecule has 0 saturated carbocycles. The van der Waals surface area contributed by atoms with E-state index in [2.05, 4.69) is 0 Å². The molecule has 16 heavy (non-hydrogen) atoms. The first kappa shape index (κ1) is 13.2. The van der Waals surface area contributed by atoms with Crippen LogP contribution in [0.15, 0.2) is 0 Å². The summed E-state index contributed by atoms with van der Waals surface area (Å²) in [5, 5.41) is 9.29. The van der Waals surface area contributed by atoms with Crippen molar-refractivity contribution < 1.29 is 19.0 Å². The van der Waals surface area contributed by atoms with Gasteiger partial charge in [-0.3, -0.25) is 0 Å². The Morgan fingerprint density at radius 1 is 1.56 bits per heavy atom. The SMILES string of the molecule is CC(O)C1(F)CCN(C(=O)OC(C)(C)C)C1. The highest BCUT2D eigenvalue weighted by atomic mass is 19.1. The van der Waals surface area contributed by atoms with Gasteiger partial charge < -0.3 is 14.7 Å². The van der Waals surface area contributed by atoms with E-state index in [0.717, 1.165) is 0 Å². The number of hydrogen-bond acceptors (Lipinski definition) is 3. The lowest BCUT2D eigenvalue weighted by atomic mass is 10.00. The maximum Gasteiger partial charge on any atom is 0.410 e. The van der Waals surface area contributed by atoms with Gasteiger partial charge in [0.15, 0.2) is 5.67 Å². The molecular weight excluding hydrogens is 213 g/mol. The zero-order valence-corrected chi connectivity index (χ0v) is 10.3. The highest BCUT2D eigenvalue weighted by Crippen LogP contribution is 2.29. The molecular formula is C11H20FNO3. The van der Waals surface area contributed by atoms with Gasteiger partial charge in [-0.2, -0.15) is 0 Å². The Kier molecular flexibility index (Phi) is 3.47. The van der Waals surface area contributed by atoms with Crippen LogP contribution in [0, 0.1) is 0 Å². The minimum Gasteiger partial charge on any atom is -0.444 e. The zero-order valence-electron chi connectivity index (χ0n) is 10.3. The summed E-state index contributed by atoms with van der Waals surface area (Å²) in [5.41, 5.74) is -2.28. The van der Waals surface area contributed by atoms with E-state index in [-0.39, 0.29) is 19.5 Å². The third-order valence-electron chi connectivity index (χ3n) is 2.65. The molecule has 1 N–H and O–H groups in total. The van der Waals surface area contributed by atoms with Gasteiger partial charge in [-0.25, -0.2) is 9.18 Å². The molecule has 0 aliphatic carbocycles. The quantitative estimate of drug-likeness (QED) is 0.750. The van der Waals surface area contributed by atoms with Gasteiger partial charge >= 0.3 is 6.09 Å². The molecule has 94 valence electrons. The molecule has 1 fully saturated rings. The van der Waals surface area contributed by atoms with Gasteiger partial charge in [-0.05, 0) is 27.7 Å². The predicted molar refractivity (Wildman–Crippen MR) is 57.9 cm³/mol. The van der Waals surface area contributed by atoms with Crippen molar-refractivity contribution in [1.29, 1.82) is 0 Å². The molecule has 0 aromatic heterocycles. The third-order valence-corrected chi connectivity index (χ3v) is 2.65. The third kappa shape index (κ3) is 3.07. The van der Waals surface area contributed by atoms with Crippen LogP contribution < -0.4 is 0 Å². The lowest BCUT2D eigenvalue weighted by molar-refractivity contribution is 0.000209. The van der Waals surface area contributed by atoms with Gasteiger partial charge in [0.2, 0.25) is 0 Å². The minimum absolute atomic E-state index is 0.0976. The molecule has 0 aromatic rings. The predicted octanol–water partition coefficient (Wildman–Crippen LogP) is 1.72. The van der Waals surface area contributed by atoms with Crippen molar-refractivity contribution in [2.45, 2.75) is 51.5 Å². The monoisotopic (exact) mass is 233 g/mol. The summed E-state index contributed by atoms with van der Waals surface area (Å²) in [5.74, 6) is 0. The standard InChI is InChI=1S/C11H20FNO3/c1-8(14)11(12)5-6-13(7-11)9(15)16-10(2,3)4/h8,14H,5-7H2,1-4H3. The Morgan fingerprint density at radius 2 is 2.12 bits per heavy atom. The average molecular weight is 233 g/mol. The summed E-state index contributed by atoms with van der Waals surface area (Å²) in [4.78, 5) is 12.9. The Balaban J connectivity index is 2.57. The number of aliphatic hydroxyl groups excluding tert-OH is 1. The molecule has 1 aliphatic heterocycles. The molecule has 0 radical (unpaired) electrons. The summed E-state index contributed by atoms with van der Waals surface area (Å²) < 4.78 is 19.1. The topological polar surface area (TPSA) is 49.8 Å². The zero-order chi connectivity index (χ0) is 12.6. The van der Waals surface area contributed by atoms with Crippen molar-refractivity contribution in [2.24, 2.45) is 0 Å². The van der Waals surface area contributed by atoms with E-state index in [1.807, 2.05) is 0 Å². The smallest absolute Gasteiger partial charge is 0.410 e. The number of amides is 1. The first-order valence-corrected chi connectivity index (χ1v) is 5.49. The maximum atomic E-state index is 14.0. The summed E-state index contributed by atoms with van der Waals surface area (Å²) in [6.07, 6.45) is -1.43.